The third-order valence-electron chi connectivity index (χ3n) is 2.57. The molecule has 5 nitrogen and oxygen atoms in total. The van der Waals surface area contributed by atoms with Gasteiger partial charge in [0.1, 0.15) is 9.84 Å². The van der Waals surface area contributed by atoms with E-state index >= 15 is 0 Å². The van der Waals surface area contributed by atoms with Gasteiger partial charge in [-0.25, -0.2) is 21.1 Å². The average Bonchev–Trinajstić information content (AvgIpc) is 2.62. The molecule has 1 heterocycles. The molecule has 0 aromatic rings. The van der Waals surface area contributed by atoms with Crippen LogP contribution in [0.4, 0.5) is 0 Å². The van der Waals surface area contributed by atoms with Crippen LogP contribution >= 0.6 is 15.9 Å². The van der Waals surface area contributed by atoms with Crippen LogP contribution in [0.15, 0.2) is 0 Å². The van der Waals surface area contributed by atoms with Gasteiger partial charge in [-0.3, -0.25) is 0 Å². The van der Waals surface area contributed by atoms with Crippen LogP contribution in [0.25, 0.3) is 0 Å². The Kier molecular flexibility index (Phi) is 4.79. The first-order valence-corrected chi connectivity index (χ1v) is 9.75. The Morgan fingerprint density at radius 3 is 2.31 bits per heavy atom. The summed E-state index contributed by atoms with van der Waals surface area (Å²) >= 11 is 3.32. The van der Waals surface area contributed by atoms with E-state index in [9.17, 15) is 16.8 Å². The summed E-state index contributed by atoms with van der Waals surface area (Å²) in [7, 11) is -6.62. The highest BCUT2D eigenvalue weighted by molar-refractivity contribution is 9.09. The lowest BCUT2D eigenvalue weighted by molar-refractivity contribution is 0.467. The topological polar surface area (TPSA) is 71.5 Å². The lowest BCUT2D eigenvalue weighted by Crippen LogP contribution is -2.33. The predicted octanol–water partition coefficient (Wildman–Crippen LogP) is 0.0776. The molecule has 0 aliphatic carbocycles. The molecule has 8 heteroatoms. The average molecular weight is 334 g/mol. The van der Waals surface area contributed by atoms with Gasteiger partial charge in [0.15, 0.2) is 0 Å². The molecule has 96 valence electrons. The van der Waals surface area contributed by atoms with Crippen molar-refractivity contribution >= 4 is 35.8 Å². The number of alkyl halides is 1. The van der Waals surface area contributed by atoms with Crippen molar-refractivity contribution in [2.75, 3.05) is 36.2 Å². The molecule has 0 saturated carbocycles. The number of nitrogens with zero attached hydrogens (tertiary/aromatic N) is 1. The Hall–Kier alpha value is 0.340. The van der Waals surface area contributed by atoms with Crippen LogP contribution in [0.2, 0.25) is 0 Å². The fraction of sp³-hybridized carbons (Fsp3) is 1.00. The van der Waals surface area contributed by atoms with Gasteiger partial charge < -0.3 is 0 Å². The van der Waals surface area contributed by atoms with E-state index in [1.807, 2.05) is 0 Å². The Morgan fingerprint density at radius 1 is 1.25 bits per heavy atom. The predicted molar refractivity (Wildman–Crippen MR) is 67.0 cm³/mol. The maximum Gasteiger partial charge on any atom is 0.215 e. The van der Waals surface area contributed by atoms with Crippen molar-refractivity contribution < 1.29 is 16.8 Å². The van der Waals surface area contributed by atoms with Crippen LogP contribution < -0.4 is 0 Å². The summed E-state index contributed by atoms with van der Waals surface area (Å²) in [6.45, 7) is 1.000. The lowest BCUT2D eigenvalue weighted by atomic mass is 10.2. The molecule has 0 spiro atoms. The highest BCUT2D eigenvalue weighted by atomic mass is 79.9. The van der Waals surface area contributed by atoms with Gasteiger partial charge in [0.25, 0.3) is 0 Å². The Morgan fingerprint density at radius 2 is 1.88 bits per heavy atom. The maximum atomic E-state index is 11.8. The number of halogens is 1. The minimum atomic E-state index is -3.40. The molecule has 0 N–H and O–H groups in total. The summed E-state index contributed by atoms with van der Waals surface area (Å²) < 4.78 is 46.8. The van der Waals surface area contributed by atoms with Crippen LogP contribution in [-0.2, 0) is 19.9 Å². The van der Waals surface area contributed by atoms with Gasteiger partial charge in [-0.15, -0.1) is 0 Å². The highest BCUT2D eigenvalue weighted by Gasteiger charge is 2.31. The minimum Gasteiger partial charge on any atom is -0.229 e. The van der Waals surface area contributed by atoms with E-state index in [2.05, 4.69) is 15.9 Å². The van der Waals surface area contributed by atoms with Gasteiger partial charge in [-0.2, -0.15) is 0 Å². The molecular weight excluding hydrogens is 318 g/mol. The molecule has 0 bridgehead atoms. The number of sulfonamides is 1. The van der Waals surface area contributed by atoms with E-state index in [0.29, 0.717) is 19.0 Å². The van der Waals surface area contributed by atoms with Crippen LogP contribution in [-0.4, -0.2) is 57.3 Å². The molecule has 0 aromatic heterocycles. The highest BCUT2D eigenvalue weighted by Crippen LogP contribution is 2.21. The van der Waals surface area contributed by atoms with Crippen LogP contribution in [0.5, 0.6) is 0 Å². The van der Waals surface area contributed by atoms with E-state index in [-0.39, 0.29) is 11.5 Å². The van der Waals surface area contributed by atoms with Gasteiger partial charge in [0.05, 0.1) is 11.5 Å². The van der Waals surface area contributed by atoms with E-state index in [4.69, 9.17) is 0 Å². The standard InChI is InChI=1S/C8H16BrNO4S2/c1-15(11,12)4-5-16(13,14)10-3-2-8(6-9)7-10/h8H,2-7H2,1H3. The lowest BCUT2D eigenvalue weighted by Gasteiger charge is -2.15. The van der Waals surface area contributed by atoms with Crippen molar-refractivity contribution in [1.29, 1.82) is 0 Å². The summed E-state index contributed by atoms with van der Waals surface area (Å²) in [4.78, 5) is 0. The molecule has 1 atom stereocenters. The van der Waals surface area contributed by atoms with E-state index in [0.717, 1.165) is 18.0 Å². The van der Waals surface area contributed by atoms with E-state index in [1.54, 1.807) is 0 Å². The fourth-order valence-corrected chi connectivity index (χ4v) is 5.22. The first-order chi connectivity index (χ1) is 7.24. The molecule has 1 rings (SSSR count). The quantitative estimate of drug-likeness (QED) is 0.668. The second-order valence-electron chi connectivity index (χ2n) is 4.11. The largest absolute Gasteiger partial charge is 0.229 e. The molecule has 0 aromatic carbocycles. The Bertz CT molecular complexity index is 431. The normalized spacial score (nSPS) is 23.8. The number of sulfone groups is 1. The maximum absolute atomic E-state index is 11.8. The van der Waals surface area contributed by atoms with Crippen LogP contribution in [0, 0.1) is 5.92 Å². The van der Waals surface area contributed by atoms with Crippen molar-refractivity contribution in [3.05, 3.63) is 0 Å². The molecule has 1 unspecified atom stereocenters. The van der Waals surface area contributed by atoms with Crippen LogP contribution in [0.1, 0.15) is 6.42 Å². The zero-order valence-electron chi connectivity index (χ0n) is 9.09. The molecular formula is C8H16BrNO4S2. The third-order valence-corrected chi connectivity index (χ3v) is 6.53. The van der Waals surface area contributed by atoms with Gasteiger partial charge in [0, 0.05) is 24.7 Å². The van der Waals surface area contributed by atoms with Crippen molar-refractivity contribution in [3.8, 4) is 0 Å². The zero-order chi connectivity index (χ0) is 12.4. The zero-order valence-corrected chi connectivity index (χ0v) is 12.3. The summed E-state index contributed by atoms with van der Waals surface area (Å²) in [6, 6.07) is 0. The number of rotatable bonds is 5. The fourth-order valence-electron chi connectivity index (χ4n) is 1.56. The molecule has 1 aliphatic heterocycles. The monoisotopic (exact) mass is 333 g/mol. The van der Waals surface area contributed by atoms with Crippen molar-refractivity contribution in [2.24, 2.45) is 5.92 Å². The van der Waals surface area contributed by atoms with Crippen LogP contribution in [0.3, 0.4) is 0 Å². The van der Waals surface area contributed by atoms with Gasteiger partial charge in [-0.1, -0.05) is 15.9 Å². The number of hydrogen-bond donors (Lipinski definition) is 0. The first-order valence-electron chi connectivity index (χ1n) is 4.96. The van der Waals surface area contributed by atoms with Crippen molar-refractivity contribution in [2.45, 2.75) is 6.42 Å². The van der Waals surface area contributed by atoms with Gasteiger partial charge in [-0.05, 0) is 12.3 Å². The second-order valence-corrected chi connectivity index (χ2v) is 9.11. The van der Waals surface area contributed by atoms with E-state index < -0.39 is 19.9 Å². The molecule has 1 aliphatic rings. The number of hydrogen-bond acceptors (Lipinski definition) is 4. The smallest absolute Gasteiger partial charge is 0.215 e. The molecule has 1 saturated heterocycles. The van der Waals surface area contributed by atoms with Crippen molar-refractivity contribution in [1.82, 2.24) is 4.31 Å². The Labute approximate surface area is 105 Å². The molecule has 0 radical (unpaired) electrons. The Balaban J connectivity index is 2.59. The van der Waals surface area contributed by atoms with Gasteiger partial charge in [0.2, 0.25) is 10.0 Å². The molecule has 1 fully saturated rings. The van der Waals surface area contributed by atoms with Gasteiger partial charge >= 0.3 is 0 Å². The minimum absolute atomic E-state index is 0.301. The van der Waals surface area contributed by atoms with E-state index in [1.165, 1.54) is 4.31 Å². The second kappa shape index (κ2) is 5.32. The summed E-state index contributed by atoms with van der Waals surface area (Å²) in [5, 5.41) is 0.783. The summed E-state index contributed by atoms with van der Waals surface area (Å²) in [5.41, 5.74) is 0. The summed E-state index contributed by atoms with van der Waals surface area (Å²) in [5.74, 6) is -0.265. The third kappa shape index (κ3) is 4.31. The SMILES string of the molecule is CS(=O)(=O)CCS(=O)(=O)N1CCC(CBr)C1. The molecule has 0 amide bonds. The summed E-state index contributed by atoms with van der Waals surface area (Å²) in [6.07, 6.45) is 1.89. The first kappa shape index (κ1) is 14.4. The molecule has 16 heavy (non-hydrogen) atoms. The van der Waals surface area contributed by atoms with Crippen molar-refractivity contribution in [3.63, 3.8) is 0 Å².